The van der Waals surface area contributed by atoms with E-state index in [1.807, 2.05) is 18.2 Å². The molecule has 0 unspecified atom stereocenters. The fourth-order valence-electron chi connectivity index (χ4n) is 2.70. The summed E-state index contributed by atoms with van der Waals surface area (Å²) >= 11 is 6.02. The zero-order valence-corrected chi connectivity index (χ0v) is 12.0. The number of benzene rings is 1. The molecule has 0 saturated heterocycles. The molecular formula is C15H22ClNO. The van der Waals surface area contributed by atoms with Crippen molar-refractivity contribution >= 4 is 17.3 Å². The average molecular weight is 268 g/mol. The van der Waals surface area contributed by atoms with Crippen molar-refractivity contribution in [2.45, 2.75) is 45.1 Å². The van der Waals surface area contributed by atoms with Gasteiger partial charge in [0.25, 0.3) is 0 Å². The van der Waals surface area contributed by atoms with Gasteiger partial charge in [-0.1, -0.05) is 24.9 Å². The van der Waals surface area contributed by atoms with Gasteiger partial charge >= 0.3 is 0 Å². The summed E-state index contributed by atoms with van der Waals surface area (Å²) in [5, 5.41) is 4.25. The van der Waals surface area contributed by atoms with Crippen LogP contribution in [0, 0.1) is 5.92 Å². The number of hydrogen-bond acceptors (Lipinski definition) is 2. The molecule has 18 heavy (non-hydrogen) atoms. The van der Waals surface area contributed by atoms with Gasteiger partial charge in [0.2, 0.25) is 0 Å². The highest BCUT2D eigenvalue weighted by atomic mass is 35.5. The van der Waals surface area contributed by atoms with Crippen LogP contribution in [0.4, 0.5) is 5.69 Å². The summed E-state index contributed by atoms with van der Waals surface area (Å²) in [5.74, 6) is 1.67. The molecule has 2 nitrogen and oxygen atoms in total. The molecule has 1 N–H and O–H groups in total. The predicted molar refractivity (Wildman–Crippen MR) is 77.7 cm³/mol. The molecule has 3 heteroatoms. The molecule has 0 aliphatic heterocycles. The zero-order chi connectivity index (χ0) is 13.0. The summed E-state index contributed by atoms with van der Waals surface area (Å²) in [4.78, 5) is 0. The molecule has 100 valence electrons. The minimum Gasteiger partial charge on any atom is -0.495 e. The van der Waals surface area contributed by atoms with Gasteiger partial charge in [0.15, 0.2) is 0 Å². The van der Waals surface area contributed by atoms with Crippen LogP contribution in [0.1, 0.15) is 39.0 Å². The predicted octanol–water partition coefficient (Wildman–Crippen LogP) is 4.73. The van der Waals surface area contributed by atoms with Crippen LogP contribution in [0.15, 0.2) is 18.2 Å². The van der Waals surface area contributed by atoms with Crippen molar-refractivity contribution < 1.29 is 4.74 Å². The first-order valence-corrected chi connectivity index (χ1v) is 7.20. The van der Waals surface area contributed by atoms with Gasteiger partial charge in [0.1, 0.15) is 5.75 Å². The molecule has 2 rings (SSSR count). The second-order valence-corrected chi connectivity index (χ2v) is 5.53. The SMILES string of the molecule is CCC1CCC(Nc2ccc(Cl)c(OC)c2)CC1. The van der Waals surface area contributed by atoms with E-state index >= 15 is 0 Å². The highest BCUT2D eigenvalue weighted by Gasteiger charge is 2.19. The summed E-state index contributed by atoms with van der Waals surface area (Å²) in [5.41, 5.74) is 1.11. The zero-order valence-electron chi connectivity index (χ0n) is 11.2. The number of nitrogens with one attached hydrogen (secondary N) is 1. The Hall–Kier alpha value is -0.890. The molecule has 1 aliphatic rings. The Labute approximate surface area is 115 Å². The summed E-state index contributed by atoms with van der Waals surface area (Å²) in [6, 6.07) is 6.49. The highest BCUT2D eigenvalue weighted by molar-refractivity contribution is 6.32. The Balaban J connectivity index is 1.94. The second-order valence-electron chi connectivity index (χ2n) is 5.12. The van der Waals surface area contributed by atoms with Crippen molar-refractivity contribution in [3.05, 3.63) is 23.2 Å². The maximum atomic E-state index is 6.02. The maximum absolute atomic E-state index is 6.02. The first kappa shape index (κ1) is 13.5. The molecule has 1 aliphatic carbocycles. The lowest BCUT2D eigenvalue weighted by atomic mass is 9.84. The van der Waals surface area contributed by atoms with Crippen LogP contribution in [0.5, 0.6) is 5.75 Å². The minimum absolute atomic E-state index is 0.596. The van der Waals surface area contributed by atoms with Gasteiger partial charge in [-0.15, -0.1) is 0 Å². The van der Waals surface area contributed by atoms with Gasteiger partial charge in [-0.05, 0) is 43.7 Å². The van der Waals surface area contributed by atoms with Crippen molar-refractivity contribution in [2.24, 2.45) is 5.92 Å². The Morgan fingerprint density at radius 2 is 2.00 bits per heavy atom. The standard InChI is InChI=1S/C15H22ClNO/c1-3-11-4-6-12(7-5-11)17-13-8-9-14(16)15(10-13)18-2/h8-12,17H,3-7H2,1-2H3. The van der Waals surface area contributed by atoms with Gasteiger partial charge in [-0.25, -0.2) is 0 Å². The van der Waals surface area contributed by atoms with Crippen molar-refractivity contribution in [1.29, 1.82) is 0 Å². The van der Waals surface area contributed by atoms with Crippen LogP contribution in [0.25, 0.3) is 0 Å². The number of rotatable bonds is 4. The third-order valence-corrected chi connectivity index (χ3v) is 4.26. The Kier molecular flexibility index (Phi) is 4.76. The van der Waals surface area contributed by atoms with Crippen LogP contribution in [0.2, 0.25) is 5.02 Å². The molecule has 1 aromatic carbocycles. The summed E-state index contributed by atoms with van der Waals surface area (Å²) in [7, 11) is 1.65. The summed E-state index contributed by atoms with van der Waals surface area (Å²) in [6.07, 6.45) is 6.55. The van der Waals surface area contributed by atoms with Gasteiger partial charge in [0.05, 0.1) is 12.1 Å². The van der Waals surface area contributed by atoms with E-state index in [1.165, 1.54) is 32.1 Å². The highest BCUT2D eigenvalue weighted by Crippen LogP contribution is 2.31. The van der Waals surface area contributed by atoms with Crippen molar-refractivity contribution in [1.82, 2.24) is 0 Å². The van der Waals surface area contributed by atoms with E-state index in [0.29, 0.717) is 11.1 Å². The van der Waals surface area contributed by atoms with E-state index in [2.05, 4.69) is 12.2 Å². The Morgan fingerprint density at radius 3 is 2.61 bits per heavy atom. The Morgan fingerprint density at radius 1 is 1.28 bits per heavy atom. The summed E-state index contributed by atoms with van der Waals surface area (Å²) in [6.45, 7) is 2.29. The fourth-order valence-corrected chi connectivity index (χ4v) is 2.90. The van der Waals surface area contributed by atoms with Crippen molar-refractivity contribution in [2.75, 3.05) is 12.4 Å². The van der Waals surface area contributed by atoms with Crippen LogP contribution in [-0.2, 0) is 0 Å². The molecule has 0 heterocycles. The molecule has 1 fully saturated rings. The Bertz CT molecular complexity index is 386. The van der Waals surface area contributed by atoms with Crippen LogP contribution >= 0.6 is 11.6 Å². The smallest absolute Gasteiger partial charge is 0.139 e. The molecule has 0 radical (unpaired) electrons. The van der Waals surface area contributed by atoms with E-state index in [-0.39, 0.29) is 0 Å². The number of ether oxygens (including phenoxy) is 1. The van der Waals surface area contributed by atoms with Crippen molar-refractivity contribution in [3.8, 4) is 5.75 Å². The van der Waals surface area contributed by atoms with Crippen LogP contribution in [0.3, 0.4) is 0 Å². The first-order chi connectivity index (χ1) is 8.72. The molecule has 1 aromatic rings. The maximum Gasteiger partial charge on any atom is 0.139 e. The largest absolute Gasteiger partial charge is 0.495 e. The molecule has 0 bridgehead atoms. The third-order valence-electron chi connectivity index (χ3n) is 3.95. The number of methoxy groups -OCH3 is 1. The van der Waals surface area contributed by atoms with E-state index in [4.69, 9.17) is 16.3 Å². The third kappa shape index (κ3) is 3.32. The number of hydrogen-bond donors (Lipinski definition) is 1. The van der Waals surface area contributed by atoms with E-state index in [1.54, 1.807) is 7.11 Å². The van der Waals surface area contributed by atoms with E-state index in [9.17, 15) is 0 Å². The quantitative estimate of drug-likeness (QED) is 0.852. The lowest BCUT2D eigenvalue weighted by Crippen LogP contribution is -2.25. The van der Waals surface area contributed by atoms with Gasteiger partial charge in [-0.2, -0.15) is 0 Å². The number of halogens is 1. The van der Waals surface area contributed by atoms with Gasteiger partial charge in [-0.3, -0.25) is 0 Å². The lowest BCUT2D eigenvalue weighted by Gasteiger charge is -2.29. The van der Waals surface area contributed by atoms with Crippen LogP contribution in [-0.4, -0.2) is 13.2 Å². The van der Waals surface area contributed by atoms with Gasteiger partial charge in [0, 0.05) is 17.8 Å². The van der Waals surface area contributed by atoms with E-state index in [0.717, 1.165) is 17.4 Å². The topological polar surface area (TPSA) is 21.3 Å². The molecular weight excluding hydrogens is 246 g/mol. The normalized spacial score (nSPS) is 23.7. The monoisotopic (exact) mass is 267 g/mol. The summed E-state index contributed by atoms with van der Waals surface area (Å²) < 4.78 is 5.24. The minimum atomic E-state index is 0.596. The van der Waals surface area contributed by atoms with E-state index < -0.39 is 0 Å². The number of anilines is 1. The molecule has 1 saturated carbocycles. The molecule has 0 aromatic heterocycles. The van der Waals surface area contributed by atoms with Crippen molar-refractivity contribution in [3.63, 3.8) is 0 Å². The molecule has 0 atom stereocenters. The van der Waals surface area contributed by atoms with Gasteiger partial charge < -0.3 is 10.1 Å². The average Bonchev–Trinajstić information content (AvgIpc) is 2.42. The molecule has 0 spiro atoms. The lowest BCUT2D eigenvalue weighted by molar-refractivity contribution is 0.330. The first-order valence-electron chi connectivity index (χ1n) is 6.83. The second kappa shape index (κ2) is 6.33. The van der Waals surface area contributed by atoms with Crippen LogP contribution < -0.4 is 10.1 Å². The fraction of sp³-hybridized carbons (Fsp3) is 0.600. The molecule has 0 amide bonds.